The predicted octanol–water partition coefficient (Wildman–Crippen LogP) is 2.61. The summed E-state index contributed by atoms with van der Waals surface area (Å²) in [5.41, 5.74) is 0.863. The topological polar surface area (TPSA) is 84.9 Å². The summed E-state index contributed by atoms with van der Waals surface area (Å²) in [5, 5.41) is 0.872. The number of hydrogen-bond acceptors (Lipinski definition) is 8. The zero-order chi connectivity index (χ0) is 20.4. The Morgan fingerprint density at radius 3 is 2.69 bits per heavy atom. The van der Waals surface area contributed by atoms with Crippen molar-refractivity contribution in [2.45, 2.75) is 11.3 Å². The van der Waals surface area contributed by atoms with Crippen LogP contribution in [0.4, 0.5) is 5.13 Å². The molecule has 0 atom stereocenters. The molecule has 10 heteroatoms. The van der Waals surface area contributed by atoms with Gasteiger partial charge in [0.1, 0.15) is 26.7 Å². The molecule has 1 fully saturated rings. The van der Waals surface area contributed by atoms with E-state index in [0.29, 0.717) is 37.6 Å². The van der Waals surface area contributed by atoms with Gasteiger partial charge in [0, 0.05) is 38.4 Å². The maximum Gasteiger partial charge on any atom is 0.246 e. The molecule has 0 bridgehead atoms. The molecule has 0 radical (unpaired) electrons. The number of nitrogens with zero attached hydrogens (tertiary/aromatic N) is 4. The second kappa shape index (κ2) is 8.13. The minimum Gasteiger partial charge on any atom is -0.497 e. The van der Waals surface area contributed by atoms with Crippen molar-refractivity contribution in [3.05, 3.63) is 36.5 Å². The van der Waals surface area contributed by atoms with Crippen molar-refractivity contribution in [1.82, 2.24) is 14.3 Å². The number of pyridine rings is 1. The summed E-state index contributed by atoms with van der Waals surface area (Å²) in [6, 6.07) is 8.61. The number of methoxy groups -OCH3 is 2. The van der Waals surface area contributed by atoms with Crippen molar-refractivity contribution in [2.24, 2.45) is 0 Å². The molecule has 0 unspecified atom stereocenters. The molecule has 1 aliphatic rings. The third-order valence-corrected chi connectivity index (χ3v) is 7.83. The average Bonchev–Trinajstić information content (AvgIpc) is 3.01. The minimum absolute atomic E-state index is 0.122. The van der Waals surface area contributed by atoms with Crippen LogP contribution in [-0.4, -0.2) is 63.1 Å². The largest absolute Gasteiger partial charge is 0.497 e. The first-order chi connectivity index (χ1) is 14.0. The van der Waals surface area contributed by atoms with Gasteiger partial charge in [-0.1, -0.05) is 11.3 Å². The highest BCUT2D eigenvalue weighted by Crippen LogP contribution is 2.32. The van der Waals surface area contributed by atoms with Gasteiger partial charge in [-0.2, -0.15) is 4.31 Å². The number of hydrogen-bond donors (Lipinski definition) is 0. The van der Waals surface area contributed by atoms with Gasteiger partial charge in [0.05, 0.1) is 14.2 Å². The van der Waals surface area contributed by atoms with E-state index in [4.69, 9.17) is 9.47 Å². The first kappa shape index (κ1) is 19.9. The second-order valence-corrected chi connectivity index (χ2v) is 9.45. The Morgan fingerprint density at radius 2 is 1.93 bits per heavy atom. The van der Waals surface area contributed by atoms with Gasteiger partial charge in [0.15, 0.2) is 5.13 Å². The van der Waals surface area contributed by atoms with Crippen LogP contribution in [-0.2, 0) is 10.0 Å². The maximum atomic E-state index is 13.3. The zero-order valence-corrected chi connectivity index (χ0v) is 17.9. The fraction of sp³-hybridized carbons (Fsp3) is 0.368. The van der Waals surface area contributed by atoms with Crippen molar-refractivity contribution in [3.8, 4) is 11.5 Å². The Hall–Kier alpha value is -2.43. The smallest absolute Gasteiger partial charge is 0.246 e. The number of thiazole rings is 1. The van der Waals surface area contributed by atoms with Crippen LogP contribution in [0.5, 0.6) is 11.5 Å². The highest BCUT2D eigenvalue weighted by molar-refractivity contribution is 7.89. The zero-order valence-electron chi connectivity index (χ0n) is 16.2. The molecule has 4 rings (SSSR count). The fourth-order valence-electron chi connectivity index (χ4n) is 3.34. The third kappa shape index (κ3) is 3.87. The summed E-state index contributed by atoms with van der Waals surface area (Å²) in [4.78, 5) is 12.1. The lowest BCUT2D eigenvalue weighted by Gasteiger charge is -2.22. The summed E-state index contributed by atoms with van der Waals surface area (Å²) in [5.74, 6) is 0.784. The molecule has 0 spiro atoms. The van der Waals surface area contributed by atoms with Crippen LogP contribution in [0.1, 0.15) is 6.42 Å². The number of rotatable bonds is 5. The lowest BCUT2D eigenvalue weighted by molar-refractivity contribution is 0.385. The van der Waals surface area contributed by atoms with Crippen molar-refractivity contribution in [1.29, 1.82) is 0 Å². The van der Waals surface area contributed by atoms with Crippen LogP contribution in [0.25, 0.3) is 10.3 Å². The van der Waals surface area contributed by atoms with Crippen LogP contribution >= 0.6 is 11.3 Å². The first-order valence-corrected chi connectivity index (χ1v) is 11.5. The quantitative estimate of drug-likeness (QED) is 0.610. The summed E-state index contributed by atoms with van der Waals surface area (Å²) in [6.45, 7) is 2.10. The molecular formula is C19H22N4O4S2. The molecule has 3 heterocycles. The van der Waals surface area contributed by atoms with Crippen LogP contribution in [0.3, 0.4) is 0 Å². The Labute approximate surface area is 173 Å². The predicted molar refractivity (Wildman–Crippen MR) is 113 cm³/mol. The molecule has 1 aromatic carbocycles. The first-order valence-electron chi connectivity index (χ1n) is 9.21. The number of benzene rings is 1. The number of anilines is 1. The van der Waals surface area contributed by atoms with E-state index in [1.165, 1.54) is 35.9 Å². The van der Waals surface area contributed by atoms with Crippen LogP contribution in [0, 0.1) is 0 Å². The van der Waals surface area contributed by atoms with E-state index < -0.39 is 10.0 Å². The Kier molecular flexibility index (Phi) is 5.57. The summed E-state index contributed by atoms with van der Waals surface area (Å²) in [6.07, 6.45) is 2.46. The number of sulfonamides is 1. The van der Waals surface area contributed by atoms with Gasteiger partial charge < -0.3 is 14.4 Å². The molecule has 0 N–H and O–H groups in total. The number of ether oxygens (including phenoxy) is 2. The van der Waals surface area contributed by atoms with Crippen molar-refractivity contribution in [2.75, 3.05) is 45.3 Å². The van der Waals surface area contributed by atoms with E-state index in [2.05, 4.69) is 14.9 Å². The van der Waals surface area contributed by atoms with Crippen LogP contribution in [0.15, 0.2) is 41.4 Å². The van der Waals surface area contributed by atoms with Gasteiger partial charge >= 0.3 is 0 Å². The van der Waals surface area contributed by atoms with E-state index in [0.717, 1.165) is 22.0 Å². The molecule has 2 aromatic heterocycles. The molecule has 3 aromatic rings. The molecule has 154 valence electrons. The summed E-state index contributed by atoms with van der Waals surface area (Å²) >= 11 is 1.53. The highest BCUT2D eigenvalue weighted by atomic mass is 32.2. The summed E-state index contributed by atoms with van der Waals surface area (Å²) in [7, 11) is -0.745. The SMILES string of the molecule is COc1ccc(OC)c(S(=O)(=O)N2CCCN(c3nc4cccnc4s3)CC2)c1. The van der Waals surface area contributed by atoms with E-state index in [1.807, 2.05) is 12.1 Å². The van der Waals surface area contributed by atoms with E-state index in [9.17, 15) is 8.42 Å². The molecule has 0 amide bonds. The molecule has 0 aliphatic carbocycles. The summed E-state index contributed by atoms with van der Waals surface area (Å²) < 4.78 is 38.6. The monoisotopic (exact) mass is 434 g/mol. The lowest BCUT2D eigenvalue weighted by atomic mass is 10.3. The molecule has 1 aliphatic heterocycles. The fourth-order valence-corrected chi connectivity index (χ4v) is 5.94. The molecule has 0 saturated carbocycles. The lowest BCUT2D eigenvalue weighted by Crippen LogP contribution is -2.35. The Morgan fingerprint density at radius 1 is 1.07 bits per heavy atom. The number of fused-ring (bicyclic) bond motifs is 1. The van der Waals surface area contributed by atoms with Gasteiger partial charge in [0.25, 0.3) is 0 Å². The minimum atomic E-state index is -3.72. The van der Waals surface area contributed by atoms with E-state index >= 15 is 0 Å². The Balaban J connectivity index is 1.57. The van der Waals surface area contributed by atoms with E-state index in [-0.39, 0.29) is 4.90 Å². The highest BCUT2D eigenvalue weighted by Gasteiger charge is 2.30. The van der Waals surface area contributed by atoms with Crippen molar-refractivity contribution < 1.29 is 17.9 Å². The average molecular weight is 435 g/mol. The van der Waals surface area contributed by atoms with Crippen molar-refractivity contribution >= 4 is 36.8 Å². The molecular weight excluding hydrogens is 412 g/mol. The second-order valence-electron chi connectivity index (χ2n) is 6.59. The number of aromatic nitrogens is 2. The molecule has 29 heavy (non-hydrogen) atoms. The van der Waals surface area contributed by atoms with Gasteiger partial charge in [-0.3, -0.25) is 0 Å². The maximum absolute atomic E-state index is 13.3. The standard InChI is InChI=1S/C19H22N4O4S2/c1-26-14-6-7-16(27-2)17(13-14)29(24,25)23-10-4-9-22(11-12-23)19-21-15-5-3-8-20-18(15)28-19/h3,5-8,13H,4,9-12H2,1-2H3. The van der Waals surface area contributed by atoms with Crippen molar-refractivity contribution in [3.63, 3.8) is 0 Å². The molecule has 8 nitrogen and oxygen atoms in total. The normalized spacial score (nSPS) is 16.0. The Bertz CT molecular complexity index is 1080. The van der Waals surface area contributed by atoms with Gasteiger partial charge in [-0.05, 0) is 30.7 Å². The van der Waals surface area contributed by atoms with Gasteiger partial charge in [-0.25, -0.2) is 18.4 Å². The van der Waals surface area contributed by atoms with E-state index in [1.54, 1.807) is 18.3 Å². The molecule has 1 saturated heterocycles. The van der Waals surface area contributed by atoms with Crippen LogP contribution in [0.2, 0.25) is 0 Å². The van der Waals surface area contributed by atoms with Gasteiger partial charge in [-0.15, -0.1) is 0 Å². The third-order valence-electron chi connectivity index (χ3n) is 4.87. The van der Waals surface area contributed by atoms with Gasteiger partial charge in [0.2, 0.25) is 10.0 Å². The van der Waals surface area contributed by atoms with Crippen LogP contribution < -0.4 is 14.4 Å².